The second-order valence-electron chi connectivity index (χ2n) is 5.23. The minimum Gasteiger partial charge on any atom is -0.369 e. The largest absolute Gasteiger partial charge is 0.369 e. The molecule has 1 fully saturated rings. The molecule has 0 atom stereocenters. The molecule has 2 aromatic rings. The van der Waals surface area contributed by atoms with E-state index >= 15 is 0 Å². The Balaban J connectivity index is 1.55. The number of carbonyl (C=O) groups is 1. The lowest BCUT2D eigenvalue weighted by atomic mass is 10.2. The predicted octanol–water partition coefficient (Wildman–Crippen LogP) is 1.70. The first-order valence-electron chi connectivity index (χ1n) is 7.09. The highest BCUT2D eigenvalue weighted by atomic mass is 32.1. The first kappa shape index (κ1) is 14.9. The summed E-state index contributed by atoms with van der Waals surface area (Å²) in [5.41, 5.74) is 6.60. The highest BCUT2D eigenvalue weighted by molar-refractivity contribution is 7.09. The lowest BCUT2D eigenvalue weighted by Crippen LogP contribution is -2.45. The summed E-state index contributed by atoms with van der Waals surface area (Å²) < 4.78 is 13.0. The molecule has 0 bridgehead atoms. The molecule has 1 aliphatic rings. The molecule has 0 aliphatic carbocycles. The Kier molecular flexibility index (Phi) is 4.35. The van der Waals surface area contributed by atoms with Crippen LogP contribution in [-0.4, -0.2) is 42.0 Å². The van der Waals surface area contributed by atoms with Crippen molar-refractivity contribution in [1.29, 1.82) is 0 Å². The van der Waals surface area contributed by atoms with E-state index in [-0.39, 0.29) is 5.82 Å². The van der Waals surface area contributed by atoms with Crippen molar-refractivity contribution in [3.8, 4) is 0 Å². The minimum absolute atomic E-state index is 0.212. The first-order valence-corrected chi connectivity index (χ1v) is 7.97. The molecule has 3 rings (SSSR count). The van der Waals surface area contributed by atoms with Gasteiger partial charge in [-0.25, -0.2) is 9.37 Å². The van der Waals surface area contributed by atoms with Gasteiger partial charge in [-0.1, -0.05) is 0 Å². The van der Waals surface area contributed by atoms with Gasteiger partial charge in [0.05, 0.1) is 6.54 Å². The third kappa shape index (κ3) is 3.42. The number of carbonyl (C=O) groups excluding carboxylic acids is 1. The van der Waals surface area contributed by atoms with Gasteiger partial charge in [-0.3, -0.25) is 9.69 Å². The van der Waals surface area contributed by atoms with E-state index in [0.717, 1.165) is 43.4 Å². The molecule has 5 nitrogen and oxygen atoms in total. The SMILES string of the molecule is NC(=O)c1csc(CN2CCN(c3ccc(F)cc3)CC2)n1. The Morgan fingerprint density at radius 2 is 1.91 bits per heavy atom. The molecule has 2 heterocycles. The molecule has 7 heteroatoms. The van der Waals surface area contributed by atoms with Crippen LogP contribution in [-0.2, 0) is 6.54 Å². The van der Waals surface area contributed by atoms with Gasteiger partial charge in [0.1, 0.15) is 16.5 Å². The van der Waals surface area contributed by atoms with Crippen molar-refractivity contribution in [2.24, 2.45) is 5.73 Å². The van der Waals surface area contributed by atoms with Gasteiger partial charge < -0.3 is 10.6 Å². The second-order valence-corrected chi connectivity index (χ2v) is 6.17. The van der Waals surface area contributed by atoms with Gasteiger partial charge in [-0.05, 0) is 24.3 Å². The maximum Gasteiger partial charge on any atom is 0.268 e. The molecule has 1 amide bonds. The Hall–Kier alpha value is -1.99. The van der Waals surface area contributed by atoms with Gasteiger partial charge in [-0.15, -0.1) is 11.3 Å². The Labute approximate surface area is 132 Å². The summed E-state index contributed by atoms with van der Waals surface area (Å²) in [4.78, 5) is 19.8. The summed E-state index contributed by atoms with van der Waals surface area (Å²) in [7, 11) is 0. The lowest BCUT2D eigenvalue weighted by Gasteiger charge is -2.35. The zero-order valence-electron chi connectivity index (χ0n) is 12.0. The van der Waals surface area contributed by atoms with Crippen molar-refractivity contribution in [3.63, 3.8) is 0 Å². The van der Waals surface area contributed by atoms with Gasteiger partial charge >= 0.3 is 0 Å². The van der Waals surface area contributed by atoms with Crippen LogP contribution in [0.3, 0.4) is 0 Å². The zero-order chi connectivity index (χ0) is 15.5. The number of amides is 1. The van der Waals surface area contributed by atoms with Crippen molar-refractivity contribution >= 4 is 22.9 Å². The van der Waals surface area contributed by atoms with Crippen molar-refractivity contribution in [3.05, 3.63) is 46.2 Å². The third-order valence-electron chi connectivity index (χ3n) is 3.73. The van der Waals surface area contributed by atoms with E-state index in [0.29, 0.717) is 5.69 Å². The fourth-order valence-corrected chi connectivity index (χ4v) is 3.33. The number of nitrogens with zero attached hydrogens (tertiary/aromatic N) is 3. The number of hydrogen-bond donors (Lipinski definition) is 1. The van der Waals surface area contributed by atoms with E-state index in [4.69, 9.17) is 5.73 Å². The Morgan fingerprint density at radius 3 is 2.50 bits per heavy atom. The van der Waals surface area contributed by atoms with Crippen LogP contribution in [0.2, 0.25) is 0 Å². The van der Waals surface area contributed by atoms with Crippen LogP contribution in [0.15, 0.2) is 29.6 Å². The third-order valence-corrected chi connectivity index (χ3v) is 4.56. The van der Waals surface area contributed by atoms with Crippen molar-refractivity contribution < 1.29 is 9.18 Å². The highest BCUT2D eigenvalue weighted by Gasteiger charge is 2.18. The molecule has 1 saturated heterocycles. The fourth-order valence-electron chi connectivity index (χ4n) is 2.50. The quantitative estimate of drug-likeness (QED) is 0.931. The van der Waals surface area contributed by atoms with Crippen molar-refractivity contribution in [2.75, 3.05) is 31.1 Å². The number of halogens is 1. The van der Waals surface area contributed by atoms with Gasteiger partial charge in [0, 0.05) is 37.2 Å². The normalized spacial score (nSPS) is 16.0. The minimum atomic E-state index is -0.483. The summed E-state index contributed by atoms with van der Waals surface area (Å²) in [6.07, 6.45) is 0. The molecule has 22 heavy (non-hydrogen) atoms. The van der Waals surface area contributed by atoms with Crippen LogP contribution in [0.5, 0.6) is 0 Å². The van der Waals surface area contributed by atoms with Crippen LogP contribution >= 0.6 is 11.3 Å². The molecule has 116 valence electrons. The average molecular weight is 320 g/mol. The Bertz CT molecular complexity index is 650. The molecular weight excluding hydrogens is 303 g/mol. The van der Waals surface area contributed by atoms with Crippen LogP contribution in [0.4, 0.5) is 10.1 Å². The molecular formula is C15H17FN4OS. The van der Waals surface area contributed by atoms with E-state index < -0.39 is 5.91 Å². The summed E-state index contributed by atoms with van der Waals surface area (Å²) in [6.45, 7) is 4.32. The predicted molar refractivity (Wildman–Crippen MR) is 84.5 cm³/mol. The summed E-state index contributed by atoms with van der Waals surface area (Å²) in [5.74, 6) is -0.694. The summed E-state index contributed by atoms with van der Waals surface area (Å²) in [6, 6.07) is 6.60. The summed E-state index contributed by atoms with van der Waals surface area (Å²) in [5, 5.41) is 2.61. The van der Waals surface area contributed by atoms with Gasteiger partial charge in [-0.2, -0.15) is 0 Å². The van der Waals surface area contributed by atoms with Gasteiger partial charge in [0.25, 0.3) is 5.91 Å². The van der Waals surface area contributed by atoms with Crippen LogP contribution in [0, 0.1) is 5.82 Å². The number of rotatable bonds is 4. The van der Waals surface area contributed by atoms with E-state index in [1.807, 2.05) is 12.1 Å². The van der Waals surface area contributed by atoms with Gasteiger partial charge in [0.2, 0.25) is 0 Å². The maximum atomic E-state index is 13.0. The fraction of sp³-hybridized carbons (Fsp3) is 0.333. The van der Waals surface area contributed by atoms with Crippen LogP contribution in [0.25, 0.3) is 0 Å². The number of nitrogens with two attached hydrogens (primary N) is 1. The Morgan fingerprint density at radius 1 is 1.23 bits per heavy atom. The smallest absolute Gasteiger partial charge is 0.268 e. The van der Waals surface area contributed by atoms with Crippen LogP contribution < -0.4 is 10.6 Å². The van der Waals surface area contributed by atoms with E-state index in [1.165, 1.54) is 23.5 Å². The number of primary amides is 1. The molecule has 1 aromatic heterocycles. The molecule has 1 aliphatic heterocycles. The number of hydrogen-bond acceptors (Lipinski definition) is 5. The van der Waals surface area contributed by atoms with Gasteiger partial charge in [0.15, 0.2) is 0 Å². The standard InChI is InChI=1S/C15H17FN4OS/c16-11-1-3-12(4-2-11)20-7-5-19(6-8-20)9-14-18-13(10-22-14)15(17)21/h1-4,10H,5-9H2,(H2,17,21). The number of piperazine rings is 1. The topological polar surface area (TPSA) is 62.5 Å². The van der Waals surface area contributed by atoms with Crippen molar-refractivity contribution in [2.45, 2.75) is 6.54 Å². The molecule has 2 N–H and O–H groups in total. The molecule has 1 aromatic carbocycles. The van der Waals surface area contributed by atoms with E-state index in [9.17, 15) is 9.18 Å². The van der Waals surface area contributed by atoms with E-state index in [1.54, 1.807) is 5.38 Å². The van der Waals surface area contributed by atoms with Crippen LogP contribution in [0.1, 0.15) is 15.5 Å². The van der Waals surface area contributed by atoms with E-state index in [2.05, 4.69) is 14.8 Å². The summed E-state index contributed by atoms with van der Waals surface area (Å²) >= 11 is 1.46. The molecule has 0 spiro atoms. The number of aromatic nitrogens is 1. The average Bonchev–Trinajstić information content (AvgIpc) is 2.98. The molecule has 0 radical (unpaired) electrons. The number of thiazole rings is 1. The number of benzene rings is 1. The van der Waals surface area contributed by atoms with Crippen molar-refractivity contribution in [1.82, 2.24) is 9.88 Å². The number of anilines is 1. The lowest BCUT2D eigenvalue weighted by molar-refractivity contribution is 0.0996. The second kappa shape index (κ2) is 6.41. The maximum absolute atomic E-state index is 13.0. The molecule has 0 unspecified atom stereocenters. The highest BCUT2D eigenvalue weighted by Crippen LogP contribution is 2.18. The first-order chi connectivity index (χ1) is 10.6. The molecule has 0 saturated carbocycles. The monoisotopic (exact) mass is 320 g/mol. The zero-order valence-corrected chi connectivity index (χ0v) is 12.9.